The van der Waals surface area contributed by atoms with Gasteiger partial charge in [-0.05, 0) is 48.0 Å². The van der Waals surface area contributed by atoms with Crippen molar-refractivity contribution < 1.29 is 23.5 Å². The topological polar surface area (TPSA) is 61.8 Å². The molecule has 3 rings (SSSR count). The zero-order valence-corrected chi connectivity index (χ0v) is 22.0. The highest BCUT2D eigenvalue weighted by Gasteiger charge is 2.45. The van der Waals surface area contributed by atoms with Crippen LogP contribution in [0.5, 0.6) is 0 Å². The number of carbonyl (C=O) groups is 2. The fourth-order valence-corrected chi connectivity index (χ4v) is 9.87. The first-order valence-corrected chi connectivity index (χ1v) is 14.7. The molecular weight excluding hydrogens is 456 g/mol. The van der Waals surface area contributed by atoms with Gasteiger partial charge in [0.1, 0.15) is 0 Å². The summed E-state index contributed by atoms with van der Waals surface area (Å²) in [5, 5.41) is 2.41. The number of esters is 2. The molecule has 1 unspecified atom stereocenters. The van der Waals surface area contributed by atoms with Crippen LogP contribution >= 0.6 is 0 Å². The van der Waals surface area contributed by atoms with Crippen molar-refractivity contribution in [2.45, 2.75) is 57.1 Å². The number of methoxy groups -OCH3 is 2. The lowest BCUT2D eigenvalue weighted by Gasteiger charge is -2.40. The smallest absolute Gasteiger partial charge is 0.320 e. The van der Waals surface area contributed by atoms with Crippen LogP contribution in [0.3, 0.4) is 0 Å². The maximum atomic E-state index is 12.5. The predicted octanol–water partition coefficient (Wildman–Crippen LogP) is 4.64. The minimum Gasteiger partial charge on any atom is -0.468 e. The molecule has 1 fully saturated rings. The standard InChI is InChI=1S/C29H38O5Si/c1-4-14-23(21-27(28(30)32-2)29(31)33-3)22-35(25-17-10-6-11-18-25,26-19-12-7-13-20-26)34-24-15-8-5-9-16-24/h4,6-7,10-13,17-20,23-24,27H,1,5,8-9,14-16,21-22H2,2-3H3. The van der Waals surface area contributed by atoms with E-state index in [1.165, 1.54) is 43.9 Å². The third-order valence-corrected chi connectivity index (χ3v) is 11.4. The molecule has 0 radical (unpaired) electrons. The van der Waals surface area contributed by atoms with Gasteiger partial charge in [0, 0.05) is 6.10 Å². The molecule has 0 aromatic heterocycles. The Hall–Kier alpha value is -2.70. The van der Waals surface area contributed by atoms with E-state index in [0.29, 0.717) is 12.8 Å². The zero-order chi connectivity index (χ0) is 25.1. The van der Waals surface area contributed by atoms with Crippen LogP contribution in [0.1, 0.15) is 44.9 Å². The van der Waals surface area contributed by atoms with E-state index in [4.69, 9.17) is 13.9 Å². The molecule has 0 heterocycles. The van der Waals surface area contributed by atoms with Gasteiger partial charge in [0.15, 0.2) is 5.92 Å². The Balaban J connectivity index is 2.07. The summed E-state index contributed by atoms with van der Waals surface area (Å²) in [6.07, 6.45) is 8.80. The molecule has 0 N–H and O–H groups in total. The molecule has 0 bridgehead atoms. The Bertz CT molecular complexity index is 885. The van der Waals surface area contributed by atoms with Crippen LogP contribution in [0.4, 0.5) is 0 Å². The van der Waals surface area contributed by atoms with Crippen molar-refractivity contribution in [2.24, 2.45) is 11.8 Å². The van der Waals surface area contributed by atoms with Crippen molar-refractivity contribution in [1.82, 2.24) is 0 Å². The number of carbonyl (C=O) groups excluding carboxylic acids is 2. The average molecular weight is 495 g/mol. The number of allylic oxidation sites excluding steroid dienone is 1. The first-order chi connectivity index (χ1) is 17.0. The highest BCUT2D eigenvalue weighted by molar-refractivity contribution is 6.97. The summed E-state index contributed by atoms with van der Waals surface area (Å²) >= 11 is 0. The number of benzene rings is 2. The molecule has 1 atom stereocenters. The summed E-state index contributed by atoms with van der Waals surface area (Å²) in [7, 11) is -0.133. The van der Waals surface area contributed by atoms with E-state index in [2.05, 4.69) is 55.1 Å². The molecular formula is C29H38O5Si. The Morgan fingerprint density at radius 3 is 1.89 bits per heavy atom. The van der Waals surface area contributed by atoms with Gasteiger partial charge in [-0.3, -0.25) is 9.59 Å². The predicted molar refractivity (Wildman–Crippen MR) is 141 cm³/mol. The van der Waals surface area contributed by atoms with E-state index in [-0.39, 0.29) is 12.0 Å². The molecule has 1 aliphatic rings. The van der Waals surface area contributed by atoms with Crippen molar-refractivity contribution in [2.75, 3.05) is 14.2 Å². The molecule has 1 saturated carbocycles. The van der Waals surface area contributed by atoms with E-state index in [9.17, 15) is 9.59 Å². The maximum absolute atomic E-state index is 12.5. The molecule has 6 heteroatoms. The van der Waals surface area contributed by atoms with Crippen molar-refractivity contribution in [3.8, 4) is 0 Å². The van der Waals surface area contributed by atoms with Crippen molar-refractivity contribution >= 4 is 30.6 Å². The molecule has 1 aliphatic carbocycles. The lowest BCUT2D eigenvalue weighted by Crippen LogP contribution is -2.63. The summed E-state index contributed by atoms with van der Waals surface area (Å²) in [4.78, 5) is 25.0. The fraction of sp³-hybridized carbons (Fsp3) is 0.448. The lowest BCUT2D eigenvalue weighted by atomic mass is 9.93. The fourth-order valence-electron chi connectivity index (χ4n) is 5.28. The number of hydrogen-bond acceptors (Lipinski definition) is 5. The van der Waals surface area contributed by atoms with Crippen LogP contribution in [-0.4, -0.2) is 40.6 Å². The normalized spacial score (nSPS) is 15.4. The van der Waals surface area contributed by atoms with Gasteiger partial charge in [0.2, 0.25) is 0 Å². The summed E-state index contributed by atoms with van der Waals surface area (Å²) < 4.78 is 17.2. The van der Waals surface area contributed by atoms with E-state index >= 15 is 0 Å². The minimum atomic E-state index is -2.74. The van der Waals surface area contributed by atoms with Gasteiger partial charge < -0.3 is 13.9 Å². The van der Waals surface area contributed by atoms with Crippen LogP contribution in [0.25, 0.3) is 0 Å². The van der Waals surface area contributed by atoms with Gasteiger partial charge in [0.05, 0.1) is 14.2 Å². The van der Waals surface area contributed by atoms with Crippen molar-refractivity contribution in [3.05, 3.63) is 73.3 Å². The van der Waals surface area contributed by atoms with Crippen LogP contribution in [0.15, 0.2) is 73.3 Å². The molecule has 5 nitrogen and oxygen atoms in total. The minimum absolute atomic E-state index is 0.00799. The Kier molecular flexibility index (Phi) is 10.3. The molecule has 188 valence electrons. The highest BCUT2D eigenvalue weighted by Crippen LogP contribution is 2.32. The van der Waals surface area contributed by atoms with Crippen molar-refractivity contribution in [3.63, 3.8) is 0 Å². The lowest BCUT2D eigenvalue weighted by molar-refractivity contribution is -0.159. The number of ether oxygens (including phenoxy) is 2. The molecule has 0 amide bonds. The van der Waals surface area contributed by atoms with Crippen molar-refractivity contribution in [1.29, 1.82) is 0 Å². The SMILES string of the molecule is C=CCC(CC(C(=O)OC)C(=O)OC)C[Si](OC1CCCCC1)(c1ccccc1)c1ccccc1. The Morgan fingerprint density at radius 2 is 1.43 bits per heavy atom. The van der Waals surface area contributed by atoms with E-state index < -0.39 is 26.2 Å². The monoisotopic (exact) mass is 494 g/mol. The van der Waals surface area contributed by atoms with Gasteiger partial charge in [0.25, 0.3) is 8.32 Å². The maximum Gasteiger partial charge on any atom is 0.320 e. The molecule has 0 saturated heterocycles. The quantitative estimate of drug-likeness (QED) is 0.186. The van der Waals surface area contributed by atoms with Crippen LogP contribution in [0, 0.1) is 11.8 Å². The summed E-state index contributed by atoms with van der Waals surface area (Å²) in [5.41, 5.74) is 0. The van der Waals surface area contributed by atoms with Gasteiger partial charge in [-0.15, -0.1) is 6.58 Å². The van der Waals surface area contributed by atoms with Gasteiger partial charge >= 0.3 is 11.9 Å². The summed E-state index contributed by atoms with van der Waals surface area (Å²) in [6, 6.07) is 21.7. The van der Waals surface area contributed by atoms with Gasteiger partial charge in [-0.2, -0.15) is 0 Å². The first kappa shape index (κ1) is 26.9. The Labute approximate surface area is 210 Å². The van der Waals surface area contributed by atoms with Crippen LogP contribution < -0.4 is 10.4 Å². The number of hydrogen-bond donors (Lipinski definition) is 0. The molecule has 35 heavy (non-hydrogen) atoms. The Morgan fingerprint density at radius 1 is 0.914 bits per heavy atom. The molecule has 2 aromatic rings. The van der Waals surface area contributed by atoms with Gasteiger partial charge in [-0.25, -0.2) is 0 Å². The largest absolute Gasteiger partial charge is 0.468 e. The van der Waals surface area contributed by atoms with Crippen LogP contribution in [0.2, 0.25) is 6.04 Å². The molecule has 2 aromatic carbocycles. The van der Waals surface area contributed by atoms with E-state index in [1.54, 1.807) is 0 Å². The van der Waals surface area contributed by atoms with Gasteiger partial charge in [-0.1, -0.05) is 86.0 Å². The summed E-state index contributed by atoms with van der Waals surface area (Å²) in [5.74, 6) is -2.11. The molecule has 0 aliphatic heterocycles. The summed E-state index contributed by atoms with van der Waals surface area (Å²) in [6.45, 7) is 3.97. The third kappa shape index (κ3) is 6.92. The average Bonchev–Trinajstić information content (AvgIpc) is 2.92. The molecule has 0 spiro atoms. The second-order valence-electron chi connectivity index (χ2n) is 9.37. The highest BCUT2D eigenvalue weighted by atomic mass is 28.4. The second kappa shape index (κ2) is 13.4. The zero-order valence-electron chi connectivity index (χ0n) is 21.0. The van der Waals surface area contributed by atoms with E-state index in [1.807, 2.05) is 18.2 Å². The third-order valence-electron chi connectivity index (χ3n) is 7.02. The number of rotatable bonds is 12. The first-order valence-electron chi connectivity index (χ1n) is 12.6. The van der Waals surface area contributed by atoms with Crippen LogP contribution in [-0.2, 0) is 23.5 Å². The van der Waals surface area contributed by atoms with E-state index in [0.717, 1.165) is 18.9 Å². The second-order valence-corrected chi connectivity index (χ2v) is 12.8.